The van der Waals surface area contributed by atoms with E-state index in [-0.39, 0.29) is 5.54 Å². The standard InChI is InChI=1S/C15H33N5OSi2/c1-11-20(22(5,6)7)13-16-12(19-15(2,3)4)17-14(18-13)21-23(8,9)10/h11H2,1-10H3,(H,16,17,18,19). The second kappa shape index (κ2) is 6.76. The highest BCUT2D eigenvalue weighted by molar-refractivity contribution is 6.79. The molecule has 0 radical (unpaired) electrons. The molecule has 1 N–H and O–H groups in total. The van der Waals surface area contributed by atoms with Crippen LogP contribution in [0.3, 0.4) is 0 Å². The third-order valence-corrected chi connectivity index (χ3v) is 5.79. The Morgan fingerprint density at radius 1 is 1.00 bits per heavy atom. The van der Waals surface area contributed by atoms with E-state index in [9.17, 15) is 0 Å². The molecule has 132 valence electrons. The predicted octanol–water partition coefficient (Wildman–Crippen LogP) is 3.96. The normalized spacial score (nSPS) is 13.0. The fraction of sp³-hybridized carbons (Fsp3) is 0.800. The lowest BCUT2D eigenvalue weighted by Crippen LogP contribution is -2.47. The third-order valence-electron chi connectivity index (χ3n) is 2.85. The number of nitrogens with one attached hydrogen (secondary N) is 1. The number of hydrogen-bond donors (Lipinski definition) is 1. The number of rotatable bonds is 6. The lowest BCUT2D eigenvalue weighted by Gasteiger charge is -2.33. The Morgan fingerprint density at radius 3 is 1.96 bits per heavy atom. The highest BCUT2D eigenvalue weighted by atomic mass is 28.4. The van der Waals surface area contributed by atoms with Gasteiger partial charge in [-0.25, -0.2) is 0 Å². The van der Waals surface area contributed by atoms with Gasteiger partial charge in [0.15, 0.2) is 8.24 Å². The van der Waals surface area contributed by atoms with Gasteiger partial charge in [-0.1, -0.05) is 19.6 Å². The zero-order valence-electron chi connectivity index (χ0n) is 16.4. The van der Waals surface area contributed by atoms with Crippen molar-refractivity contribution in [3.8, 4) is 6.01 Å². The van der Waals surface area contributed by atoms with E-state index in [0.717, 1.165) is 6.54 Å². The molecule has 0 aliphatic rings. The molecular formula is C15H33N5OSi2. The molecule has 1 aromatic rings. The van der Waals surface area contributed by atoms with Crippen molar-refractivity contribution in [3.05, 3.63) is 0 Å². The molecule has 1 rings (SSSR count). The molecule has 0 saturated carbocycles. The zero-order valence-corrected chi connectivity index (χ0v) is 18.4. The minimum Gasteiger partial charge on any atom is -0.518 e. The lowest BCUT2D eigenvalue weighted by atomic mass is 10.1. The number of anilines is 2. The fourth-order valence-electron chi connectivity index (χ4n) is 2.09. The molecule has 0 atom stereocenters. The van der Waals surface area contributed by atoms with Crippen molar-refractivity contribution < 1.29 is 4.43 Å². The summed E-state index contributed by atoms with van der Waals surface area (Å²) < 4.78 is 8.32. The summed E-state index contributed by atoms with van der Waals surface area (Å²) in [7, 11) is -3.36. The number of aromatic nitrogens is 3. The Bertz CT molecular complexity index is 498. The first-order valence-electron chi connectivity index (χ1n) is 8.22. The lowest BCUT2D eigenvalue weighted by molar-refractivity contribution is 0.505. The SMILES string of the molecule is CCN(c1nc(NC(C)(C)C)nc(O[Si](C)(C)C)n1)[Si](C)(C)C. The summed E-state index contributed by atoms with van der Waals surface area (Å²) in [6.45, 7) is 22.5. The molecule has 0 unspecified atom stereocenters. The molecule has 0 saturated heterocycles. The maximum absolute atomic E-state index is 6.03. The van der Waals surface area contributed by atoms with E-state index in [4.69, 9.17) is 4.43 Å². The minimum atomic E-state index is -1.78. The summed E-state index contributed by atoms with van der Waals surface area (Å²) >= 11 is 0. The molecule has 1 aromatic heterocycles. The largest absolute Gasteiger partial charge is 0.518 e. The summed E-state index contributed by atoms with van der Waals surface area (Å²) in [5.41, 5.74) is -0.120. The summed E-state index contributed by atoms with van der Waals surface area (Å²) in [6.07, 6.45) is 0. The van der Waals surface area contributed by atoms with E-state index < -0.39 is 16.6 Å². The Hall–Kier alpha value is -1.16. The first-order valence-corrected chi connectivity index (χ1v) is 15.1. The van der Waals surface area contributed by atoms with Crippen molar-refractivity contribution >= 4 is 28.4 Å². The van der Waals surface area contributed by atoms with Crippen molar-refractivity contribution in [3.63, 3.8) is 0 Å². The molecule has 6 nitrogen and oxygen atoms in total. The van der Waals surface area contributed by atoms with Crippen molar-refractivity contribution in [1.29, 1.82) is 0 Å². The Labute approximate surface area is 143 Å². The van der Waals surface area contributed by atoms with Crippen LogP contribution in [-0.4, -0.2) is 43.6 Å². The van der Waals surface area contributed by atoms with Crippen LogP contribution in [0.2, 0.25) is 39.3 Å². The molecule has 0 bridgehead atoms. The first-order chi connectivity index (χ1) is 10.2. The maximum atomic E-state index is 6.03. The predicted molar refractivity (Wildman–Crippen MR) is 104 cm³/mol. The minimum absolute atomic E-state index is 0.120. The van der Waals surface area contributed by atoms with E-state index in [1.165, 1.54) is 0 Å². The van der Waals surface area contributed by atoms with Crippen molar-refractivity contribution in [2.24, 2.45) is 0 Å². The van der Waals surface area contributed by atoms with E-state index in [0.29, 0.717) is 17.9 Å². The van der Waals surface area contributed by atoms with Gasteiger partial charge in [-0.2, -0.15) is 15.0 Å². The summed E-state index contributed by atoms with van der Waals surface area (Å²) in [5, 5.41) is 3.34. The highest BCUT2D eigenvalue weighted by Crippen LogP contribution is 2.23. The van der Waals surface area contributed by atoms with Gasteiger partial charge >= 0.3 is 6.01 Å². The number of hydrogen-bond acceptors (Lipinski definition) is 6. The Balaban J connectivity index is 3.33. The highest BCUT2D eigenvalue weighted by Gasteiger charge is 2.28. The summed E-state index contributed by atoms with van der Waals surface area (Å²) in [4.78, 5) is 13.7. The van der Waals surface area contributed by atoms with Crippen LogP contribution in [0.4, 0.5) is 11.9 Å². The average molecular weight is 356 g/mol. The molecule has 0 aromatic carbocycles. The molecule has 23 heavy (non-hydrogen) atoms. The van der Waals surface area contributed by atoms with Crippen LogP contribution in [0.5, 0.6) is 6.01 Å². The number of nitrogens with zero attached hydrogens (tertiary/aromatic N) is 4. The van der Waals surface area contributed by atoms with Crippen LogP contribution in [0, 0.1) is 0 Å². The van der Waals surface area contributed by atoms with Crippen molar-refractivity contribution in [2.45, 2.75) is 72.5 Å². The second-order valence-electron chi connectivity index (χ2n) is 8.75. The van der Waals surface area contributed by atoms with Gasteiger partial charge in [-0.15, -0.1) is 0 Å². The Kier molecular flexibility index (Phi) is 5.85. The van der Waals surface area contributed by atoms with Gasteiger partial charge in [0.1, 0.15) is 0 Å². The van der Waals surface area contributed by atoms with Gasteiger partial charge < -0.3 is 14.3 Å². The van der Waals surface area contributed by atoms with Gasteiger partial charge in [0.05, 0.1) is 0 Å². The van der Waals surface area contributed by atoms with Crippen molar-refractivity contribution in [1.82, 2.24) is 15.0 Å². The summed E-state index contributed by atoms with van der Waals surface area (Å²) in [6, 6.07) is 0.428. The molecule has 0 spiro atoms. The van der Waals surface area contributed by atoms with Crippen LogP contribution >= 0.6 is 0 Å². The van der Waals surface area contributed by atoms with E-state index in [2.05, 4.69) is 91.8 Å². The van der Waals surface area contributed by atoms with Crippen LogP contribution in [-0.2, 0) is 0 Å². The van der Waals surface area contributed by atoms with Crippen LogP contribution < -0.4 is 14.3 Å². The topological polar surface area (TPSA) is 63.2 Å². The van der Waals surface area contributed by atoms with Gasteiger partial charge in [0.2, 0.25) is 20.2 Å². The quantitative estimate of drug-likeness (QED) is 0.779. The fourth-order valence-corrected chi connectivity index (χ4v) is 4.38. The van der Waals surface area contributed by atoms with E-state index in [1.807, 2.05) is 0 Å². The van der Waals surface area contributed by atoms with Gasteiger partial charge in [-0.05, 0) is 47.3 Å². The van der Waals surface area contributed by atoms with Gasteiger partial charge in [0, 0.05) is 12.1 Å². The van der Waals surface area contributed by atoms with Crippen LogP contribution in [0.1, 0.15) is 27.7 Å². The summed E-state index contributed by atoms with van der Waals surface area (Å²) in [5.74, 6) is 1.29. The molecule has 1 heterocycles. The van der Waals surface area contributed by atoms with Crippen LogP contribution in [0.25, 0.3) is 0 Å². The van der Waals surface area contributed by atoms with E-state index >= 15 is 0 Å². The van der Waals surface area contributed by atoms with Gasteiger partial charge in [0.25, 0.3) is 0 Å². The first kappa shape index (κ1) is 19.9. The molecule has 8 heteroatoms. The van der Waals surface area contributed by atoms with Crippen LogP contribution in [0.15, 0.2) is 0 Å². The smallest absolute Gasteiger partial charge is 0.309 e. The molecule has 0 amide bonds. The molecule has 0 fully saturated rings. The third kappa shape index (κ3) is 6.86. The maximum Gasteiger partial charge on any atom is 0.309 e. The van der Waals surface area contributed by atoms with Crippen molar-refractivity contribution in [2.75, 3.05) is 16.4 Å². The monoisotopic (exact) mass is 355 g/mol. The zero-order chi connectivity index (χ0) is 18.1. The average Bonchev–Trinajstić information content (AvgIpc) is 2.21. The van der Waals surface area contributed by atoms with E-state index in [1.54, 1.807) is 0 Å². The van der Waals surface area contributed by atoms with Gasteiger partial charge in [-0.3, -0.25) is 0 Å². The Morgan fingerprint density at radius 2 is 1.57 bits per heavy atom. The molecular weight excluding hydrogens is 322 g/mol. The molecule has 0 aliphatic heterocycles. The molecule has 0 aliphatic carbocycles. The second-order valence-corrected chi connectivity index (χ2v) is 18.1.